The molecule has 2 heterocycles. The summed E-state index contributed by atoms with van der Waals surface area (Å²) in [6.45, 7) is 4.02. The van der Waals surface area contributed by atoms with Gasteiger partial charge in [0, 0.05) is 55.1 Å². The van der Waals surface area contributed by atoms with Crippen molar-refractivity contribution in [1.29, 1.82) is 0 Å². The van der Waals surface area contributed by atoms with Gasteiger partial charge in [-0.15, -0.1) is 0 Å². The predicted molar refractivity (Wildman–Crippen MR) is 178 cm³/mol. The van der Waals surface area contributed by atoms with Crippen molar-refractivity contribution in [3.8, 4) is 11.5 Å². The van der Waals surface area contributed by atoms with Gasteiger partial charge in [0.2, 0.25) is 11.8 Å². The van der Waals surface area contributed by atoms with Gasteiger partial charge >= 0.3 is 18.0 Å². The second-order valence-electron chi connectivity index (χ2n) is 11.1. The van der Waals surface area contributed by atoms with Crippen LogP contribution in [-0.4, -0.2) is 118 Å². The van der Waals surface area contributed by atoms with Gasteiger partial charge in [-0.1, -0.05) is 6.42 Å². The fourth-order valence-electron chi connectivity index (χ4n) is 5.02. The Balaban J connectivity index is 1.24. The van der Waals surface area contributed by atoms with Gasteiger partial charge in [0.1, 0.15) is 11.5 Å². The summed E-state index contributed by atoms with van der Waals surface area (Å²) in [5.74, 6) is -0.759. The molecule has 5 N–H and O–H groups in total. The highest BCUT2D eigenvalue weighted by molar-refractivity contribution is 8.00. The first-order valence-corrected chi connectivity index (χ1v) is 17.5. The van der Waals surface area contributed by atoms with Crippen LogP contribution in [0.1, 0.15) is 56.3 Å². The summed E-state index contributed by atoms with van der Waals surface area (Å²) in [7, 11) is 0. The van der Waals surface area contributed by atoms with Gasteiger partial charge < -0.3 is 50.3 Å². The molecule has 0 aliphatic carbocycles. The second-order valence-corrected chi connectivity index (χ2v) is 12.3. The maximum absolute atomic E-state index is 12.8. The van der Waals surface area contributed by atoms with E-state index in [0.717, 1.165) is 25.0 Å². The number of thioether (sulfide) groups is 1. The van der Waals surface area contributed by atoms with Crippen LogP contribution in [0.4, 0.5) is 4.79 Å². The zero-order chi connectivity index (χ0) is 35.4. The van der Waals surface area contributed by atoms with Crippen molar-refractivity contribution in [3.05, 3.63) is 23.8 Å². The van der Waals surface area contributed by atoms with E-state index in [1.165, 1.54) is 18.2 Å². The smallest absolute Gasteiger partial charge is 0.344 e. The number of carbonyl (C=O) groups is 6. The molecule has 1 aromatic rings. The SMILES string of the molecule is CCOC(=O)COc1cc(OCC(=O)OCC)cc(C(=O)NCCNC(=O)CCOCCNC(=O)CCCC[C@@H]2SC[C@@H]3NC(=O)N[C@@H]32)c1. The molecular formula is C32H47N5O11S. The van der Waals surface area contributed by atoms with E-state index in [2.05, 4.69) is 26.6 Å². The zero-order valence-electron chi connectivity index (χ0n) is 28.0. The summed E-state index contributed by atoms with van der Waals surface area (Å²) in [6.07, 6.45) is 3.17. The molecule has 0 radical (unpaired) electrons. The number of carbonyl (C=O) groups excluding carboxylic acids is 6. The van der Waals surface area contributed by atoms with Crippen molar-refractivity contribution in [2.75, 3.05) is 65.0 Å². The number of fused-ring (bicyclic) bond motifs is 1. The maximum Gasteiger partial charge on any atom is 0.344 e. The molecule has 0 unspecified atom stereocenters. The van der Waals surface area contributed by atoms with Gasteiger partial charge in [0.05, 0.1) is 38.5 Å². The number of urea groups is 1. The molecule has 2 fully saturated rings. The number of nitrogens with one attached hydrogen (secondary N) is 5. The number of benzene rings is 1. The molecule has 17 heteroatoms. The van der Waals surface area contributed by atoms with Gasteiger partial charge in [-0.05, 0) is 38.8 Å². The monoisotopic (exact) mass is 709 g/mol. The molecule has 272 valence electrons. The Bertz CT molecular complexity index is 1240. The minimum absolute atomic E-state index is 0.0486. The molecule has 0 spiro atoms. The first kappa shape index (κ1) is 39.2. The Hall–Kier alpha value is -4.25. The van der Waals surface area contributed by atoms with E-state index < -0.39 is 17.8 Å². The number of hydrogen-bond acceptors (Lipinski definition) is 12. The molecule has 3 atom stereocenters. The lowest BCUT2D eigenvalue weighted by Crippen LogP contribution is -2.36. The molecule has 1 aromatic carbocycles. The average molecular weight is 710 g/mol. The minimum atomic E-state index is -0.588. The Morgan fingerprint density at radius 2 is 1.43 bits per heavy atom. The van der Waals surface area contributed by atoms with Gasteiger partial charge in [-0.25, -0.2) is 14.4 Å². The van der Waals surface area contributed by atoms with E-state index >= 15 is 0 Å². The molecule has 49 heavy (non-hydrogen) atoms. The third kappa shape index (κ3) is 14.8. The Morgan fingerprint density at radius 3 is 2.10 bits per heavy atom. The summed E-state index contributed by atoms with van der Waals surface area (Å²) in [5.41, 5.74) is 0.145. The van der Waals surface area contributed by atoms with Crippen molar-refractivity contribution in [3.63, 3.8) is 0 Å². The number of ether oxygens (including phenoxy) is 5. The third-order valence-corrected chi connectivity index (χ3v) is 8.83. The van der Waals surface area contributed by atoms with Crippen molar-refractivity contribution in [1.82, 2.24) is 26.6 Å². The van der Waals surface area contributed by atoms with Crippen LogP contribution in [0.2, 0.25) is 0 Å². The molecule has 2 aliphatic heterocycles. The van der Waals surface area contributed by atoms with E-state index in [-0.39, 0.29) is 106 Å². The highest BCUT2D eigenvalue weighted by Gasteiger charge is 2.42. The van der Waals surface area contributed by atoms with Gasteiger partial charge in [0.15, 0.2) is 13.2 Å². The lowest BCUT2D eigenvalue weighted by Gasteiger charge is -2.16. The molecule has 0 saturated carbocycles. The first-order chi connectivity index (χ1) is 23.7. The van der Waals surface area contributed by atoms with Crippen LogP contribution >= 0.6 is 11.8 Å². The number of hydrogen-bond donors (Lipinski definition) is 5. The summed E-state index contributed by atoms with van der Waals surface area (Å²) in [4.78, 5) is 71.9. The lowest BCUT2D eigenvalue weighted by atomic mass is 10.0. The molecule has 16 nitrogen and oxygen atoms in total. The van der Waals surface area contributed by atoms with Crippen molar-refractivity contribution in [2.45, 2.75) is 63.3 Å². The third-order valence-electron chi connectivity index (χ3n) is 7.32. The summed E-state index contributed by atoms with van der Waals surface area (Å²) in [5, 5.41) is 14.5. The Morgan fingerprint density at radius 1 is 0.796 bits per heavy atom. The second kappa shape index (κ2) is 21.7. The van der Waals surface area contributed by atoms with E-state index in [9.17, 15) is 28.8 Å². The van der Waals surface area contributed by atoms with Crippen LogP contribution in [0, 0.1) is 0 Å². The lowest BCUT2D eigenvalue weighted by molar-refractivity contribution is -0.146. The van der Waals surface area contributed by atoms with E-state index in [0.29, 0.717) is 18.2 Å². The molecule has 0 bridgehead atoms. The first-order valence-electron chi connectivity index (χ1n) is 16.5. The maximum atomic E-state index is 12.8. The largest absolute Gasteiger partial charge is 0.482 e. The van der Waals surface area contributed by atoms with Crippen LogP contribution < -0.4 is 36.1 Å². The molecule has 2 saturated heterocycles. The van der Waals surface area contributed by atoms with Gasteiger partial charge in [0.25, 0.3) is 5.91 Å². The predicted octanol–water partition coefficient (Wildman–Crippen LogP) is 0.665. The van der Waals surface area contributed by atoms with Crippen LogP contribution in [-0.2, 0) is 33.4 Å². The van der Waals surface area contributed by atoms with Crippen molar-refractivity contribution < 1.29 is 52.5 Å². The summed E-state index contributed by atoms with van der Waals surface area (Å²) >= 11 is 1.86. The number of esters is 2. The van der Waals surface area contributed by atoms with Crippen LogP contribution in [0.25, 0.3) is 0 Å². The van der Waals surface area contributed by atoms with Crippen LogP contribution in [0.5, 0.6) is 11.5 Å². The number of rotatable bonds is 23. The Kier molecular flexibility index (Phi) is 17.3. The summed E-state index contributed by atoms with van der Waals surface area (Å²) in [6, 6.07) is 4.53. The molecule has 3 rings (SSSR count). The zero-order valence-corrected chi connectivity index (χ0v) is 28.8. The standard InChI is InChI=1S/C32H47N5O11S/c1-3-45-28(40)18-47-22-15-21(16-23(17-22)48-19-29(41)46-4-2)31(42)35-11-10-33-27(39)9-13-44-14-12-34-26(38)8-6-5-7-25-30-24(20-49-25)36-32(43)37-30/h15-17,24-25,30H,3-14,18-20H2,1-2H3,(H,33,39)(H,34,38)(H,35,42)(H2,36,37,43)/t24-,25-,30-/m0/s1. The fraction of sp³-hybridized carbons (Fsp3) is 0.625. The Labute approximate surface area is 289 Å². The average Bonchev–Trinajstić information content (AvgIpc) is 3.63. The van der Waals surface area contributed by atoms with Crippen LogP contribution in [0.15, 0.2) is 18.2 Å². The van der Waals surface area contributed by atoms with Gasteiger partial charge in [-0.2, -0.15) is 11.8 Å². The molecule has 0 aromatic heterocycles. The highest BCUT2D eigenvalue weighted by atomic mass is 32.2. The quantitative estimate of drug-likeness (QED) is 0.0604. The van der Waals surface area contributed by atoms with Crippen LogP contribution in [0.3, 0.4) is 0 Å². The topological polar surface area (TPSA) is 209 Å². The van der Waals surface area contributed by atoms with Crippen molar-refractivity contribution >= 4 is 47.5 Å². The number of amides is 5. The molecule has 2 aliphatic rings. The molecular weight excluding hydrogens is 662 g/mol. The highest BCUT2D eigenvalue weighted by Crippen LogP contribution is 2.33. The number of unbranched alkanes of at least 4 members (excludes halogenated alkanes) is 1. The van der Waals surface area contributed by atoms with Gasteiger partial charge in [-0.3, -0.25) is 14.4 Å². The van der Waals surface area contributed by atoms with E-state index in [1.54, 1.807) is 13.8 Å². The van der Waals surface area contributed by atoms with Crippen molar-refractivity contribution in [2.24, 2.45) is 0 Å². The molecule has 5 amide bonds. The fourth-order valence-corrected chi connectivity index (χ4v) is 6.56. The van der Waals surface area contributed by atoms with E-state index in [1.807, 2.05) is 11.8 Å². The minimum Gasteiger partial charge on any atom is -0.482 e. The normalized spacial score (nSPS) is 17.6. The van der Waals surface area contributed by atoms with E-state index in [4.69, 9.17) is 23.7 Å². The summed E-state index contributed by atoms with van der Waals surface area (Å²) < 4.78 is 26.0.